The molecule has 1 heterocycles. The third kappa shape index (κ3) is 4.73. The Labute approximate surface area is 180 Å². The summed E-state index contributed by atoms with van der Waals surface area (Å²) in [5.74, 6) is -0.980. The second-order valence-corrected chi connectivity index (χ2v) is 8.61. The summed E-state index contributed by atoms with van der Waals surface area (Å²) in [6, 6.07) is 7.09. The lowest BCUT2D eigenvalue weighted by molar-refractivity contribution is 0.0656. The van der Waals surface area contributed by atoms with Gasteiger partial charge in [-0.25, -0.2) is 18.4 Å². The molecule has 6 nitrogen and oxygen atoms in total. The number of nitrogens with one attached hydrogen (secondary N) is 1. The van der Waals surface area contributed by atoms with Crippen LogP contribution in [0.2, 0.25) is 0 Å². The maximum Gasteiger partial charge on any atom is 0.409 e. The number of likely N-dealkylation sites (tertiary alicyclic amines) is 1. The number of carbonyl (C=O) groups is 2. The van der Waals surface area contributed by atoms with Crippen LogP contribution in [0.4, 0.5) is 18.4 Å². The van der Waals surface area contributed by atoms with E-state index >= 15 is 0 Å². The lowest BCUT2D eigenvalue weighted by Crippen LogP contribution is -2.56. The Hall–Kier alpha value is -2.90. The van der Waals surface area contributed by atoms with Gasteiger partial charge in [0.2, 0.25) is 0 Å². The summed E-state index contributed by atoms with van der Waals surface area (Å²) in [6.45, 7) is 3.37. The highest BCUT2D eigenvalue weighted by molar-refractivity contribution is 5.84. The number of ether oxygens (including phenoxy) is 1. The number of methoxy groups -OCH3 is 1. The molecule has 0 aromatic heterocycles. The molecule has 1 N–H and O–H groups in total. The van der Waals surface area contributed by atoms with E-state index in [1.807, 2.05) is 4.90 Å². The largest absolute Gasteiger partial charge is 0.453 e. The van der Waals surface area contributed by atoms with E-state index in [0.717, 1.165) is 30.9 Å². The van der Waals surface area contributed by atoms with Gasteiger partial charge in [-0.05, 0) is 48.3 Å². The van der Waals surface area contributed by atoms with Gasteiger partial charge in [0, 0.05) is 37.1 Å². The van der Waals surface area contributed by atoms with Crippen LogP contribution < -0.4 is 5.32 Å². The molecule has 3 amide bonds. The summed E-state index contributed by atoms with van der Waals surface area (Å²) in [5.41, 5.74) is 0.732. The Morgan fingerprint density at radius 2 is 1.94 bits per heavy atom. The van der Waals surface area contributed by atoms with Gasteiger partial charge in [0.15, 0.2) is 0 Å². The molecule has 2 atom stereocenters. The number of benzene rings is 2. The van der Waals surface area contributed by atoms with Gasteiger partial charge in [0.1, 0.15) is 11.6 Å². The van der Waals surface area contributed by atoms with E-state index in [0.29, 0.717) is 23.9 Å². The van der Waals surface area contributed by atoms with E-state index in [1.54, 1.807) is 23.1 Å². The maximum atomic E-state index is 14.1. The Morgan fingerprint density at radius 3 is 2.65 bits per heavy atom. The molecular weight excluding hydrogens is 404 g/mol. The van der Waals surface area contributed by atoms with E-state index in [4.69, 9.17) is 4.74 Å². The van der Waals surface area contributed by atoms with E-state index in [1.165, 1.54) is 13.2 Å². The van der Waals surface area contributed by atoms with Crippen molar-refractivity contribution in [2.45, 2.75) is 44.8 Å². The van der Waals surface area contributed by atoms with Crippen molar-refractivity contribution < 1.29 is 23.1 Å². The Balaban J connectivity index is 1.46. The molecule has 2 unspecified atom stereocenters. The zero-order valence-corrected chi connectivity index (χ0v) is 17.7. The van der Waals surface area contributed by atoms with Gasteiger partial charge in [0.05, 0.1) is 13.2 Å². The SMILES string of the molecule is COC(=O)N1CC(C)CC(N(C(=O)NCc2ccc3cc(F)cc(F)c3c2)C2CC2)C1. The molecule has 4 rings (SSSR count). The van der Waals surface area contributed by atoms with E-state index in [2.05, 4.69) is 12.2 Å². The average molecular weight is 431 g/mol. The van der Waals surface area contributed by atoms with Crippen molar-refractivity contribution in [2.24, 2.45) is 5.92 Å². The minimum atomic E-state index is -0.623. The number of fused-ring (bicyclic) bond motifs is 1. The molecule has 1 aliphatic heterocycles. The number of piperidine rings is 1. The van der Waals surface area contributed by atoms with Crippen LogP contribution in [0.15, 0.2) is 30.3 Å². The summed E-state index contributed by atoms with van der Waals surface area (Å²) in [6.07, 6.45) is 2.35. The zero-order chi connectivity index (χ0) is 22.1. The molecule has 31 heavy (non-hydrogen) atoms. The van der Waals surface area contributed by atoms with Gasteiger partial charge in [0.25, 0.3) is 0 Å². The van der Waals surface area contributed by atoms with Gasteiger partial charge >= 0.3 is 12.1 Å². The predicted octanol–water partition coefficient (Wildman–Crippen LogP) is 4.27. The minimum Gasteiger partial charge on any atom is -0.453 e. The summed E-state index contributed by atoms with van der Waals surface area (Å²) >= 11 is 0. The molecule has 0 spiro atoms. The third-order valence-corrected chi connectivity index (χ3v) is 6.02. The third-order valence-electron chi connectivity index (χ3n) is 6.02. The van der Waals surface area contributed by atoms with Gasteiger partial charge in [-0.15, -0.1) is 0 Å². The van der Waals surface area contributed by atoms with Crippen LogP contribution in [0.1, 0.15) is 31.7 Å². The topological polar surface area (TPSA) is 61.9 Å². The van der Waals surface area contributed by atoms with E-state index < -0.39 is 11.6 Å². The summed E-state index contributed by atoms with van der Waals surface area (Å²) < 4.78 is 32.4. The van der Waals surface area contributed by atoms with Gasteiger partial charge in [-0.3, -0.25) is 0 Å². The molecule has 1 saturated heterocycles. The average Bonchev–Trinajstić information content (AvgIpc) is 3.56. The molecule has 2 aliphatic rings. The molecule has 0 radical (unpaired) electrons. The highest BCUT2D eigenvalue weighted by Crippen LogP contribution is 2.33. The molecule has 8 heteroatoms. The number of urea groups is 1. The summed E-state index contributed by atoms with van der Waals surface area (Å²) in [7, 11) is 1.36. The van der Waals surface area contributed by atoms with Gasteiger partial charge < -0.3 is 19.9 Å². The predicted molar refractivity (Wildman–Crippen MR) is 113 cm³/mol. The molecule has 2 aromatic carbocycles. The molecule has 0 bridgehead atoms. The molecule has 1 aliphatic carbocycles. The van der Waals surface area contributed by atoms with Crippen LogP contribution in [-0.4, -0.2) is 54.2 Å². The fourth-order valence-corrected chi connectivity index (χ4v) is 4.48. The first kappa shape index (κ1) is 21.3. The first-order valence-electron chi connectivity index (χ1n) is 10.6. The van der Waals surface area contributed by atoms with E-state index in [9.17, 15) is 18.4 Å². The summed E-state index contributed by atoms with van der Waals surface area (Å²) in [4.78, 5) is 28.6. The van der Waals surface area contributed by atoms with Crippen molar-refractivity contribution in [3.63, 3.8) is 0 Å². The van der Waals surface area contributed by atoms with Crippen LogP contribution in [0.3, 0.4) is 0 Å². The molecule has 2 fully saturated rings. The minimum absolute atomic E-state index is 0.0765. The highest BCUT2D eigenvalue weighted by Gasteiger charge is 2.41. The van der Waals surface area contributed by atoms with Crippen molar-refractivity contribution in [3.05, 3.63) is 47.5 Å². The van der Waals surface area contributed by atoms with Crippen LogP contribution in [0.5, 0.6) is 0 Å². The number of halogens is 2. The lowest BCUT2D eigenvalue weighted by atomic mass is 9.95. The van der Waals surface area contributed by atoms with Crippen LogP contribution >= 0.6 is 0 Å². The van der Waals surface area contributed by atoms with Crippen molar-refractivity contribution >= 4 is 22.9 Å². The number of hydrogen-bond donors (Lipinski definition) is 1. The monoisotopic (exact) mass is 431 g/mol. The highest BCUT2D eigenvalue weighted by atomic mass is 19.1. The fraction of sp³-hybridized carbons (Fsp3) is 0.478. The normalized spacial score (nSPS) is 21.1. The van der Waals surface area contributed by atoms with Crippen molar-refractivity contribution in [2.75, 3.05) is 20.2 Å². The number of amides is 3. The Morgan fingerprint density at radius 1 is 1.16 bits per heavy atom. The maximum absolute atomic E-state index is 14.1. The van der Waals surface area contributed by atoms with Gasteiger partial charge in [-0.2, -0.15) is 0 Å². The molecule has 1 saturated carbocycles. The Kier molecular flexibility index (Phi) is 5.98. The number of hydrogen-bond acceptors (Lipinski definition) is 3. The smallest absolute Gasteiger partial charge is 0.409 e. The van der Waals surface area contributed by atoms with Crippen LogP contribution in [-0.2, 0) is 11.3 Å². The summed E-state index contributed by atoms with van der Waals surface area (Å²) in [5, 5.41) is 3.74. The first-order chi connectivity index (χ1) is 14.9. The van der Waals surface area contributed by atoms with Crippen molar-refractivity contribution in [1.82, 2.24) is 15.1 Å². The Bertz CT molecular complexity index is 995. The second-order valence-electron chi connectivity index (χ2n) is 8.61. The molecule has 2 aromatic rings. The van der Waals surface area contributed by atoms with Crippen molar-refractivity contribution in [3.8, 4) is 0 Å². The number of carbonyl (C=O) groups excluding carboxylic acids is 2. The standard InChI is InChI=1S/C23H27F2N3O3/c1-14-7-19(13-27(12-14)23(30)31-2)28(18-5-6-18)22(29)26-11-15-3-4-16-9-17(24)10-21(25)20(16)8-15/h3-4,8-10,14,18-19H,5-7,11-13H2,1-2H3,(H,26,29). The molecular formula is C23H27F2N3O3. The van der Waals surface area contributed by atoms with Crippen LogP contribution in [0, 0.1) is 17.6 Å². The zero-order valence-electron chi connectivity index (χ0n) is 17.7. The van der Waals surface area contributed by atoms with Crippen LogP contribution in [0.25, 0.3) is 10.8 Å². The second kappa shape index (κ2) is 8.69. The quantitative estimate of drug-likeness (QED) is 0.787. The lowest BCUT2D eigenvalue weighted by Gasteiger charge is -2.41. The first-order valence-corrected chi connectivity index (χ1v) is 10.6. The van der Waals surface area contributed by atoms with Crippen molar-refractivity contribution in [1.29, 1.82) is 0 Å². The number of rotatable bonds is 4. The van der Waals surface area contributed by atoms with E-state index in [-0.39, 0.29) is 36.7 Å². The number of nitrogens with zero attached hydrogens (tertiary/aromatic N) is 2. The molecule has 166 valence electrons. The van der Waals surface area contributed by atoms with Gasteiger partial charge in [-0.1, -0.05) is 19.1 Å². The fourth-order valence-electron chi connectivity index (χ4n) is 4.48.